The third kappa shape index (κ3) is 5.29. The molecule has 142 valence electrons. The van der Waals surface area contributed by atoms with E-state index in [0.29, 0.717) is 49.0 Å². The molecule has 1 unspecified atom stereocenters. The van der Waals surface area contributed by atoms with Gasteiger partial charge in [0, 0.05) is 30.2 Å². The zero-order valence-electron chi connectivity index (χ0n) is 14.9. The fraction of sp³-hybridized carbons (Fsp3) is 0.350. The summed E-state index contributed by atoms with van der Waals surface area (Å²) >= 11 is 3.41. The summed E-state index contributed by atoms with van der Waals surface area (Å²) in [6, 6.07) is 10.9. The second-order valence-electron chi connectivity index (χ2n) is 6.68. The lowest BCUT2D eigenvalue weighted by Crippen LogP contribution is -2.40. The van der Waals surface area contributed by atoms with Crippen LogP contribution in [0.25, 0.3) is 0 Å². The van der Waals surface area contributed by atoms with E-state index < -0.39 is 0 Å². The van der Waals surface area contributed by atoms with Gasteiger partial charge in [0.05, 0.1) is 0 Å². The predicted octanol–water partition coefficient (Wildman–Crippen LogP) is 3.75. The molecule has 0 saturated carbocycles. The number of nitrogens with zero attached hydrogens (tertiary/aromatic N) is 2. The van der Waals surface area contributed by atoms with Crippen LogP contribution in [0.5, 0.6) is 11.6 Å². The number of likely N-dealkylation sites (tertiary alicyclic amines) is 1. The van der Waals surface area contributed by atoms with Crippen LogP contribution in [0.1, 0.15) is 36.0 Å². The van der Waals surface area contributed by atoms with Gasteiger partial charge in [-0.1, -0.05) is 22.0 Å². The van der Waals surface area contributed by atoms with Gasteiger partial charge >= 0.3 is 0 Å². The van der Waals surface area contributed by atoms with E-state index in [-0.39, 0.29) is 11.8 Å². The first-order chi connectivity index (χ1) is 13.0. The largest absolute Gasteiger partial charge is 0.438 e. The summed E-state index contributed by atoms with van der Waals surface area (Å²) in [6.45, 7) is 1.31. The standard InChI is InChI=1S/C20H22BrN3O3/c21-15-5-1-6-16(12-15)27-19-17(7-2-10-23-19)20(26)24-11-3-4-14(13-24)8-9-18(22)25/h1-2,5-7,10,12,14H,3-4,8-9,11,13H2,(H2,22,25). The van der Waals surface area contributed by atoms with E-state index >= 15 is 0 Å². The van der Waals surface area contributed by atoms with Crippen molar-refractivity contribution in [1.82, 2.24) is 9.88 Å². The number of aromatic nitrogens is 1. The molecule has 1 aliphatic heterocycles. The van der Waals surface area contributed by atoms with Crippen molar-refractivity contribution in [1.29, 1.82) is 0 Å². The second-order valence-corrected chi connectivity index (χ2v) is 7.60. The van der Waals surface area contributed by atoms with E-state index in [1.165, 1.54) is 0 Å². The summed E-state index contributed by atoms with van der Waals surface area (Å²) in [5.41, 5.74) is 5.69. The minimum atomic E-state index is -0.296. The van der Waals surface area contributed by atoms with Gasteiger partial charge < -0.3 is 15.4 Å². The zero-order chi connectivity index (χ0) is 19.2. The Morgan fingerprint density at radius 1 is 1.30 bits per heavy atom. The van der Waals surface area contributed by atoms with Crippen molar-refractivity contribution < 1.29 is 14.3 Å². The summed E-state index contributed by atoms with van der Waals surface area (Å²) in [5, 5.41) is 0. The topological polar surface area (TPSA) is 85.5 Å². The van der Waals surface area contributed by atoms with Gasteiger partial charge in [0.25, 0.3) is 5.91 Å². The average molecular weight is 432 g/mol. The number of carbonyl (C=O) groups excluding carboxylic acids is 2. The van der Waals surface area contributed by atoms with Crippen LogP contribution in [0.3, 0.4) is 0 Å². The highest BCUT2D eigenvalue weighted by atomic mass is 79.9. The minimum absolute atomic E-state index is 0.100. The molecule has 1 aromatic carbocycles. The molecule has 0 radical (unpaired) electrons. The van der Waals surface area contributed by atoms with Crippen molar-refractivity contribution in [3.8, 4) is 11.6 Å². The number of primary amides is 1. The molecule has 3 rings (SSSR count). The SMILES string of the molecule is NC(=O)CCC1CCCN(C(=O)c2cccnc2Oc2cccc(Br)c2)C1. The summed E-state index contributed by atoms with van der Waals surface area (Å²) in [4.78, 5) is 30.2. The molecule has 1 aromatic heterocycles. The fourth-order valence-corrected chi connectivity index (χ4v) is 3.66. The lowest BCUT2D eigenvalue weighted by molar-refractivity contribution is -0.118. The van der Waals surface area contributed by atoms with Gasteiger partial charge in [0.1, 0.15) is 11.3 Å². The third-order valence-corrected chi connectivity index (χ3v) is 5.11. The molecule has 0 spiro atoms. The number of amides is 2. The number of ether oxygens (including phenoxy) is 1. The third-order valence-electron chi connectivity index (χ3n) is 4.62. The van der Waals surface area contributed by atoms with Gasteiger partial charge in [0.2, 0.25) is 11.8 Å². The summed E-state index contributed by atoms with van der Waals surface area (Å²) in [6.07, 6.45) is 4.60. The molecule has 2 amide bonds. The summed E-state index contributed by atoms with van der Waals surface area (Å²) in [7, 11) is 0. The van der Waals surface area contributed by atoms with Crippen LogP contribution in [0.15, 0.2) is 47.1 Å². The van der Waals surface area contributed by atoms with Crippen LogP contribution in [-0.4, -0.2) is 34.8 Å². The van der Waals surface area contributed by atoms with Crippen LogP contribution in [0, 0.1) is 5.92 Å². The number of halogens is 1. The number of hydrogen-bond donors (Lipinski definition) is 1. The maximum Gasteiger partial charge on any atom is 0.259 e. The molecule has 1 aliphatic rings. The Labute approximate surface area is 166 Å². The molecular formula is C20H22BrN3O3. The van der Waals surface area contributed by atoms with E-state index in [0.717, 1.165) is 17.3 Å². The van der Waals surface area contributed by atoms with Gasteiger partial charge in [-0.15, -0.1) is 0 Å². The molecule has 0 bridgehead atoms. The normalized spacial score (nSPS) is 16.8. The van der Waals surface area contributed by atoms with E-state index in [2.05, 4.69) is 20.9 Å². The van der Waals surface area contributed by atoms with Gasteiger partial charge in [-0.05, 0) is 55.5 Å². The smallest absolute Gasteiger partial charge is 0.259 e. The Morgan fingerprint density at radius 2 is 2.15 bits per heavy atom. The van der Waals surface area contributed by atoms with Crippen molar-refractivity contribution in [2.24, 2.45) is 11.7 Å². The first kappa shape index (κ1) is 19.4. The maximum atomic E-state index is 13.1. The van der Waals surface area contributed by atoms with Crippen molar-refractivity contribution in [2.45, 2.75) is 25.7 Å². The van der Waals surface area contributed by atoms with E-state index in [4.69, 9.17) is 10.5 Å². The Hall–Kier alpha value is -2.41. The van der Waals surface area contributed by atoms with E-state index in [1.807, 2.05) is 29.2 Å². The highest BCUT2D eigenvalue weighted by Crippen LogP contribution is 2.28. The summed E-state index contributed by atoms with van der Waals surface area (Å²) < 4.78 is 6.74. The lowest BCUT2D eigenvalue weighted by atomic mass is 9.93. The van der Waals surface area contributed by atoms with Gasteiger partial charge in [-0.25, -0.2) is 4.98 Å². The van der Waals surface area contributed by atoms with Crippen molar-refractivity contribution >= 4 is 27.7 Å². The van der Waals surface area contributed by atoms with Crippen molar-refractivity contribution in [2.75, 3.05) is 13.1 Å². The Morgan fingerprint density at radius 3 is 2.93 bits per heavy atom. The first-order valence-electron chi connectivity index (χ1n) is 8.99. The van der Waals surface area contributed by atoms with Gasteiger partial charge in [-0.3, -0.25) is 9.59 Å². The highest BCUT2D eigenvalue weighted by Gasteiger charge is 2.27. The maximum absolute atomic E-state index is 13.1. The molecule has 1 saturated heterocycles. The highest BCUT2D eigenvalue weighted by molar-refractivity contribution is 9.10. The lowest BCUT2D eigenvalue weighted by Gasteiger charge is -2.33. The van der Waals surface area contributed by atoms with E-state index in [9.17, 15) is 9.59 Å². The number of benzene rings is 1. The molecule has 2 heterocycles. The van der Waals surface area contributed by atoms with Gasteiger partial charge in [-0.2, -0.15) is 0 Å². The Bertz CT molecular complexity index is 828. The minimum Gasteiger partial charge on any atom is -0.438 e. The molecule has 1 fully saturated rings. The van der Waals surface area contributed by atoms with Crippen LogP contribution in [-0.2, 0) is 4.79 Å². The van der Waals surface area contributed by atoms with Crippen molar-refractivity contribution in [3.05, 3.63) is 52.6 Å². The number of rotatable bonds is 6. The number of nitrogens with two attached hydrogens (primary N) is 1. The average Bonchev–Trinajstić information content (AvgIpc) is 2.66. The molecule has 0 aliphatic carbocycles. The molecular weight excluding hydrogens is 410 g/mol. The zero-order valence-corrected chi connectivity index (χ0v) is 16.5. The quantitative estimate of drug-likeness (QED) is 0.754. The molecule has 6 nitrogen and oxygen atoms in total. The molecule has 2 N–H and O–H groups in total. The Balaban J connectivity index is 1.73. The van der Waals surface area contributed by atoms with Crippen LogP contribution < -0.4 is 10.5 Å². The van der Waals surface area contributed by atoms with Crippen LogP contribution in [0.2, 0.25) is 0 Å². The number of hydrogen-bond acceptors (Lipinski definition) is 4. The van der Waals surface area contributed by atoms with Crippen LogP contribution >= 0.6 is 15.9 Å². The number of piperidine rings is 1. The molecule has 1 atom stereocenters. The van der Waals surface area contributed by atoms with Crippen molar-refractivity contribution in [3.63, 3.8) is 0 Å². The summed E-state index contributed by atoms with van der Waals surface area (Å²) in [5.74, 6) is 0.795. The second kappa shape index (κ2) is 8.99. The monoisotopic (exact) mass is 431 g/mol. The molecule has 27 heavy (non-hydrogen) atoms. The molecule has 7 heteroatoms. The number of pyridine rings is 1. The van der Waals surface area contributed by atoms with Crippen LogP contribution in [0.4, 0.5) is 0 Å². The Kier molecular flexibility index (Phi) is 6.45. The fourth-order valence-electron chi connectivity index (χ4n) is 3.28. The molecule has 2 aromatic rings. The van der Waals surface area contributed by atoms with E-state index in [1.54, 1.807) is 18.3 Å². The van der Waals surface area contributed by atoms with Gasteiger partial charge in [0.15, 0.2) is 0 Å². The number of carbonyl (C=O) groups is 2. The first-order valence-corrected chi connectivity index (χ1v) is 9.78. The predicted molar refractivity (Wildman–Crippen MR) is 106 cm³/mol.